The van der Waals surface area contributed by atoms with Crippen molar-refractivity contribution in [1.29, 1.82) is 0 Å². The summed E-state index contributed by atoms with van der Waals surface area (Å²) >= 11 is 0. The maximum Gasteiger partial charge on any atom is 0.0951 e. The summed E-state index contributed by atoms with van der Waals surface area (Å²) in [6, 6.07) is 1.32. The minimum atomic E-state index is 0.262. The molecule has 2 fully saturated rings. The van der Waals surface area contributed by atoms with Crippen molar-refractivity contribution in [1.82, 2.24) is 14.5 Å². The Kier molecular flexibility index (Phi) is 3.16. The molecule has 2 aliphatic rings. The third-order valence-corrected chi connectivity index (χ3v) is 4.09. The Morgan fingerprint density at radius 1 is 1.39 bits per heavy atom. The van der Waals surface area contributed by atoms with E-state index in [1.165, 1.54) is 18.5 Å². The topological polar surface area (TPSA) is 47.1 Å². The van der Waals surface area contributed by atoms with Crippen LogP contribution in [0, 0.1) is 5.92 Å². The first-order chi connectivity index (χ1) is 8.66. The van der Waals surface area contributed by atoms with Gasteiger partial charge < -0.3 is 10.3 Å². The van der Waals surface area contributed by atoms with E-state index in [2.05, 4.69) is 28.3 Å². The van der Waals surface area contributed by atoms with E-state index in [9.17, 15) is 0 Å². The second kappa shape index (κ2) is 4.67. The van der Waals surface area contributed by atoms with Crippen LogP contribution in [-0.2, 0) is 0 Å². The van der Waals surface area contributed by atoms with Gasteiger partial charge >= 0.3 is 0 Å². The molecule has 3 rings (SSSR count). The lowest BCUT2D eigenvalue weighted by Gasteiger charge is -2.28. The molecule has 1 saturated heterocycles. The van der Waals surface area contributed by atoms with E-state index >= 15 is 0 Å². The van der Waals surface area contributed by atoms with Crippen molar-refractivity contribution >= 4 is 0 Å². The number of likely N-dealkylation sites (tertiary alicyclic amines) is 1. The predicted octanol–water partition coefficient (Wildman–Crippen LogP) is 1.95. The maximum atomic E-state index is 6.34. The van der Waals surface area contributed by atoms with Crippen LogP contribution in [0.25, 0.3) is 0 Å². The van der Waals surface area contributed by atoms with E-state index in [0.717, 1.165) is 19.5 Å². The number of rotatable bonds is 4. The van der Waals surface area contributed by atoms with E-state index in [1.54, 1.807) is 0 Å². The summed E-state index contributed by atoms with van der Waals surface area (Å²) in [6.45, 7) is 6.81. The van der Waals surface area contributed by atoms with Crippen LogP contribution in [0.5, 0.6) is 0 Å². The SMILES string of the molecule is CC(C)CN1CCC(N)C1c1cncn1C1CC1. The van der Waals surface area contributed by atoms with Crippen LogP contribution >= 0.6 is 0 Å². The first-order valence-electron chi connectivity index (χ1n) is 7.18. The van der Waals surface area contributed by atoms with E-state index in [0.29, 0.717) is 18.0 Å². The summed E-state index contributed by atoms with van der Waals surface area (Å²) in [6.07, 6.45) is 7.73. The molecule has 1 aromatic rings. The minimum absolute atomic E-state index is 0.262. The fourth-order valence-corrected chi connectivity index (χ4v) is 3.16. The molecule has 4 nitrogen and oxygen atoms in total. The Morgan fingerprint density at radius 3 is 2.83 bits per heavy atom. The van der Waals surface area contributed by atoms with Gasteiger partial charge in [-0.15, -0.1) is 0 Å². The highest BCUT2D eigenvalue weighted by atomic mass is 15.2. The van der Waals surface area contributed by atoms with Gasteiger partial charge in [-0.1, -0.05) is 13.8 Å². The van der Waals surface area contributed by atoms with Gasteiger partial charge in [0.15, 0.2) is 0 Å². The highest BCUT2D eigenvalue weighted by Crippen LogP contribution is 2.40. The summed E-state index contributed by atoms with van der Waals surface area (Å²) in [5.74, 6) is 0.690. The van der Waals surface area contributed by atoms with Gasteiger partial charge in [-0.2, -0.15) is 0 Å². The molecule has 0 aromatic carbocycles. The number of imidazole rings is 1. The number of nitrogens with zero attached hydrogens (tertiary/aromatic N) is 3. The summed E-state index contributed by atoms with van der Waals surface area (Å²) in [5, 5.41) is 0. The number of nitrogens with two attached hydrogens (primary N) is 1. The average Bonchev–Trinajstić information content (AvgIpc) is 2.95. The molecule has 0 radical (unpaired) electrons. The molecule has 0 bridgehead atoms. The summed E-state index contributed by atoms with van der Waals surface area (Å²) in [4.78, 5) is 6.90. The molecule has 18 heavy (non-hydrogen) atoms. The Hall–Kier alpha value is -0.870. The van der Waals surface area contributed by atoms with E-state index in [-0.39, 0.29) is 6.04 Å². The Morgan fingerprint density at radius 2 is 2.17 bits per heavy atom. The largest absolute Gasteiger partial charge is 0.330 e. The van der Waals surface area contributed by atoms with E-state index < -0.39 is 0 Å². The van der Waals surface area contributed by atoms with Crippen LogP contribution in [0.15, 0.2) is 12.5 Å². The maximum absolute atomic E-state index is 6.34. The standard InChI is InChI=1S/C14H24N4/c1-10(2)8-17-6-5-12(15)14(17)13-7-16-9-18(13)11-3-4-11/h7,9-12,14H,3-6,8,15H2,1-2H3. The van der Waals surface area contributed by atoms with Gasteiger partial charge in [0, 0.05) is 31.4 Å². The van der Waals surface area contributed by atoms with Crippen molar-refractivity contribution in [3.63, 3.8) is 0 Å². The van der Waals surface area contributed by atoms with Gasteiger partial charge in [0.05, 0.1) is 18.1 Å². The highest BCUT2D eigenvalue weighted by molar-refractivity contribution is 5.14. The third kappa shape index (κ3) is 2.19. The molecule has 2 heterocycles. The van der Waals surface area contributed by atoms with Crippen molar-refractivity contribution in [2.24, 2.45) is 11.7 Å². The Labute approximate surface area is 109 Å². The quantitative estimate of drug-likeness (QED) is 0.886. The van der Waals surface area contributed by atoms with Crippen LogP contribution in [0.2, 0.25) is 0 Å². The summed E-state index contributed by atoms with van der Waals surface area (Å²) in [5.41, 5.74) is 7.68. The molecule has 2 unspecified atom stereocenters. The van der Waals surface area contributed by atoms with Crippen molar-refractivity contribution in [2.75, 3.05) is 13.1 Å². The third-order valence-electron chi connectivity index (χ3n) is 4.09. The smallest absolute Gasteiger partial charge is 0.0951 e. The van der Waals surface area contributed by atoms with Gasteiger partial charge in [-0.05, 0) is 25.2 Å². The summed E-state index contributed by atoms with van der Waals surface area (Å²) in [7, 11) is 0. The van der Waals surface area contributed by atoms with Gasteiger partial charge in [-0.3, -0.25) is 4.90 Å². The first kappa shape index (κ1) is 12.2. The molecule has 2 N–H and O–H groups in total. The predicted molar refractivity (Wildman–Crippen MR) is 72.2 cm³/mol. The molecule has 1 aromatic heterocycles. The first-order valence-corrected chi connectivity index (χ1v) is 7.18. The molecule has 4 heteroatoms. The number of hydrogen-bond acceptors (Lipinski definition) is 3. The summed E-state index contributed by atoms with van der Waals surface area (Å²) < 4.78 is 2.36. The zero-order valence-electron chi connectivity index (χ0n) is 11.4. The zero-order valence-corrected chi connectivity index (χ0v) is 11.4. The molecule has 0 amide bonds. The monoisotopic (exact) mass is 248 g/mol. The van der Waals surface area contributed by atoms with Crippen LogP contribution in [0.3, 0.4) is 0 Å². The number of hydrogen-bond donors (Lipinski definition) is 1. The number of aromatic nitrogens is 2. The van der Waals surface area contributed by atoms with E-state index in [1.807, 2.05) is 12.5 Å². The van der Waals surface area contributed by atoms with Gasteiger partial charge in [-0.25, -0.2) is 4.98 Å². The van der Waals surface area contributed by atoms with Gasteiger partial charge in [0.25, 0.3) is 0 Å². The van der Waals surface area contributed by atoms with Crippen LogP contribution in [0.1, 0.15) is 50.9 Å². The zero-order chi connectivity index (χ0) is 12.7. The highest BCUT2D eigenvalue weighted by Gasteiger charge is 2.37. The van der Waals surface area contributed by atoms with Crippen molar-refractivity contribution in [2.45, 2.75) is 51.2 Å². The van der Waals surface area contributed by atoms with Gasteiger partial charge in [0.2, 0.25) is 0 Å². The minimum Gasteiger partial charge on any atom is -0.330 e. The molecular formula is C14H24N4. The molecule has 100 valence electrons. The lowest BCUT2D eigenvalue weighted by atomic mass is 10.1. The van der Waals surface area contributed by atoms with Crippen molar-refractivity contribution < 1.29 is 0 Å². The lowest BCUT2D eigenvalue weighted by Crippen LogP contribution is -2.35. The molecule has 1 saturated carbocycles. The fourth-order valence-electron chi connectivity index (χ4n) is 3.16. The van der Waals surface area contributed by atoms with Crippen LogP contribution in [0.4, 0.5) is 0 Å². The van der Waals surface area contributed by atoms with Crippen LogP contribution in [-0.4, -0.2) is 33.6 Å². The fraction of sp³-hybridized carbons (Fsp3) is 0.786. The van der Waals surface area contributed by atoms with Crippen molar-refractivity contribution in [3.8, 4) is 0 Å². The molecule has 1 aliphatic heterocycles. The molecular weight excluding hydrogens is 224 g/mol. The lowest BCUT2D eigenvalue weighted by molar-refractivity contribution is 0.213. The molecule has 2 atom stereocenters. The van der Waals surface area contributed by atoms with Crippen LogP contribution < -0.4 is 5.73 Å². The van der Waals surface area contributed by atoms with Crippen molar-refractivity contribution in [3.05, 3.63) is 18.2 Å². The molecule has 0 spiro atoms. The normalized spacial score (nSPS) is 29.3. The van der Waals surface area contributed by atoms with E-state index in [4.69, 9.17) is 5.73 Å². The van der Waals surface area contributed by atoms with Gasteiger partial charge in [0.1, 0.15) is 0 Å². The molecule has 1 aliphatic carbocycles. The average molecular weight is 248 g/mol. The Balaban J connectivity index is 1.84. The Bertz CT molecular complexity index is 408. The second-order valence-corrected chi connectivity index (χ2v) is 6.24. The second-order valence-electron chi connectivity index (χ2n) is 6.24.